The van der Waals surface area contributed by atoms with Crippen LogP contribution in [0.2, 0.25) is 0 Å². The van der Waals surface area contributed by atoms with Crippen molar-refractivity contribution in [3.63, 3.8) is 0 Å². The Hall–Kier alpha value is -0.0800. The lowest BCUT2D eigenvalue weighted by Crippen LogP contribution is -2.57. The summed E-state index contributed by atoms with van der Waals surface area (Å²) in [6.45, 7) is 8.39. The van der Waals surface area contributed by atoms with Gasteiger partial charge in [-0.3, -0.25) is 4.90 Å². The molecule has 1 N–H and O–H groups in total. The topological polar surface area (TPSA) is 15.3 Å². The molecule has 3 fully saturated rings. The van der Waals surface area contributed by atoms with Crippen molar-refractivity contribution in [1.82, 2.24) is 10.2 Å². The third-order valence-corrected chi connectivity index (χ3v) is 5.54. The number of piperidine rings is 2. The fourth-order valence-electron chi connectivity index (χ4n) is 4.39. The first-order valence-corrected chi connectivity index (χ1v) is 8.12. The molecule has 0 aromatic rings. The Morgan fingerprint density at radius 3 is 2.28 bits per heavy atom. The van der Waals surface area contributed by atoms with Crippen LogP contribution in [0, 0.1) is 5.41 Å². The first-order chi connectivity index (χ1) is 8.62. The molecule has 104 valence electrons. The zero-order chi connectivity index (χ0) is 12.8. The highest BCUT2D eigenvalue weighted by Crippen LogP contribution is 2.53. The Bertz CT molecular complexity index is 285. The Balaban J connectivity index is 1.64. The maximum atomic E-state index is 3.77. The summed E-state index contributed by atoms with van der Waals surface area (Å²) in [5.74, 6) is 0. The number of fused-ring (bicyclic) bond motifs is 2. The molecule has 1 saturated carbocycles. The van der Waals surface area contributed by atoms with Crippen molar-refractivity contribution < 1.29 is 0 Å². The van der Waals surface area contributed by atoms with Crippen LogP contribution in [0.4, 0.5) is 0 Å². The van der Waals surface area contributed by atoms with E-state index in [-0.39, 0.29) is 0 Å². The van der Waals surface area contributed by atoms with Gasteiger partial charge in [0.2, 0.25) is 0 Å². The molecule has 2 heteroatoms. The minimum absolute atomic E-state index is 0.609. The lowest BCUT2D eigenvalue weighted by Gasteiger charge is -2.50. The van der Waals surface area contributed by atoms with Crippen LogP contribution in [0.15, 0.2) is 0 Å². The second-order valence-corrected chi connectivity index (χ2v) is 7.52. The SMILES string of the molecule is CCCNC1CC2CCCC(C1)N2C1CC1(C)C. The first-order valence-electron chi connectivity index (χ1n) is 8.12. The molecule has 0 aromatic heterocycles. The maximum absolute atomic E-state index is 3.77. The van der Waals surface area contributed by atoms with Crippen LogP contribution in [0.25, 0.3) is 0 Å². The molecule has 2 nitrogen and oxygen atoms in total. The highest BCUT2D eigenvalue weighted by molar-refractivity contribution is 5.09. The average Bonchev–Trinajstić information content (AvgIpc) is 2.94. The summed E-state index contributed by atoms with van der Waals surface area (Å²) >= 11 is 0. The third kappa shape index (κ3) is 2.34. The lowest BCUT2D eigenvalue weighted by atomic mass is 9.81. The average molecular weight is 250 g/mol. The molecular weight excluding hydrogens is 220 g/mol. The van der Waals surface area contributed by atoms with E-state index in [0.29, 0.717) is 5.41 Å². The van der Waals surface area contributed by atoms with Gasteiger partial charge in [-0.15, -0.1) is 0 Å². The van der Waals surface area contributed by atoms with Gasteiger partial charge >= 0.3 is 0 Å². The van der Waals surface area contributed by atoms with E-state index in [1.54, 1.807) is 0 Å². The summed E-state index contributed by atoms with van der Waals surface area (Å²) in [7, 11) is 0. The summed E-state index contributed by atoms with van der Waals surface area (Å²) in [5.41, 5.74) is 0.609. The van der Waals surface area contributed by atoms with Crippen molar-refractivity contribution in [1.29, 1.82) is 0 Å². The van der Waals surface area contributed by atoms with Crippen LogP contribution in [-0.2, 0) is 0 Å². The fraction of sp³-hybridized carbons (Fsp3) is 1.00. The van der Waals surface area contributed by atoms with Crippen molar-refractivity contribution in [2.75, 3.05) is 6.54 Å². The smallest absolute Gasteiger partial charge is 0.0158 e. The zero-order valence-corrected chi connectivity index (χ0v) is 12.4. The molecule has 2 saturated heterocycles. The van der Waals surface area contributed by atoms with Gasteiger partial charge in [-0.05, 0) is 50.5 Å². The molecule has 18 heavy (non-hydrogen) atoms. The van der Waals surface area contributed by atoms with E-state index in [0.717, 1.165) is 24.2 Å². The Morgan fingerprint density at radius 1 is 1.17 bits per heavy atom. The van der Waals surface area contributed by atoms with Gasteiger partial charge in [0.1, 0.15) is 0 Å². The van der Waals surface area contributed by atoms with Crippen LogP contribution in [0.1, 0.15) is 65.7 Å². The van der Waals surface area contributed by atoms with E-state index in [2.05, 4.69) is 31.0 Å². The van der Waals surface area contributed by atoms with Gasteiger partial charge in [0.15, 0.2) is 0 Å². The number of rotatable bonds is 4. The maximum Gasteiger partial charge on any atom is 0.0158 e. The van der Waals surface area contributed by atoms with Gasteiger partial charge in [0.05, 0.1) is 0 Å². The summed E-state index contributed by atoms with van der Waals surface area (Å²) < 4.78 is 0. The van der Waals surface area contributed by atoms with E-state index >= 15 is 0 Å². The van der Waals surface area contributed by atoms with Gasteiger partial charge in [-0.25, -0.2) is 0 Å². The van der Waals surface area contributed by atoms with E-state index in [9.17, 15) is 0 Å². The minimum Gasteiger partial charge on any atom is -0.314 e. The second-order valence-electron chi connectivity index (χ2n) is 7.52. The normalized spacial score (nSPS) is 42.8. The second kappa shape index (κ2) is 4.79. The number of hydrogen-bond acceptors (Lipinski definition) is 2. The zero-order valence-electron chi connectivity index (χ0n) is 12.4. The first kappa shape index (κ1) is 12.9. The van der Waals surface area contributed by atoms with E-state index in [4.69, 9.17) is 0 Å². The molecule has 3 aliphatic rings. The highest BCUT2D eigenvalue weighted by atomic mass is 15.3. The molecule has 3 atom stereocenters. The Labute approximate surface area is 113 Å². The highest BCUT2D eigenvalue weighted by Gasteiger charge is 2.54. The predicted octanol–water partition coefficient (Wildman–Crippen LogP) is 3.17. The molecule has 1 aliphatic carbocycles. The van der Waals surface area contributed by atoms with Crippen LogP contribution < -0.4 is 5.32 Å². The fourth-order valence-corrected chi connectivity index (χ4v) is 4.39. The quantitative estimate of drug-likeness (QED) is 0.824. The minimum atomic E-state index is 0.609. The Morgan fingerprint density at radius 2 is 1.78 bits per heavy atom. The molecule has 0 aromatic carbocycles. The van der Waals surface area contributed by atoms with Crippen molar-refractivity contribution >= 4 is 0 Å². The molecule has 3 rings (SSSR count). The molecule has 0 radical (unpaired) electrons. The summed E-state index contributed by atoms with van der Waals surface area (Å²) in [6.07, 6.45) is 9.89. The van der Waals surface area contributed by atoms with Crippen LogP contribution in [0.5, 0.6) is 0 Å². The lowest BCUT2D eigenvalue weighted by molar-refractivity contribution is 0.00871. The predicted molar refractivity (Wildman–Crippen MR) is 76.8 cm³/mol. The van der Waals surface area contributed by atoms with Crippen molar-refractivity contribution in [2.45, 2.75) is 89.9 Å². The van der Waals surface area contributed by atoms with Gasteiger partial charge in [0, 0.05) is 24.2 Å². The van der Waals surface area contributed by atoms with Gasteiger partial charge in [-0.2, -0.15) is 0 Å². The molecule has 2 aliphatic heterocycles. The number of nitrogens with zero attached hydrogens (tertiary/aromatic N) is 1. The largest absolute Gasteiger partial charge is 0.314 e. The summed E-state index contributed by atoms with van der Waals surface area (Å²) in [6, 6.07) is 3.48. The van der Waals surface area contributed by atoms with Gasteiger partial charge in [-0.1, -0.05) is 27.2 Å². The summed E-state index contributed by atoms with van der Waals surface area (Å²) in [4.78, 5) is 2.94. The molecule has 0 spiro atoms. The summed E-state index contributed by atoms with van der Waals surface area (Å²) in [5, 5.41) is 3.77. The molecule has 3 unspecified atom stereocenters. The van der Waals surface area contributed by atoms with Gasteiger partial charge < -0.3 is 5.32 Å². The van der Waals surface area contributed by atoms with Crippen LogP contribution in [0.3, 0.4) is 0 Å². The molecule has 0 amide bonds. The van der Waals surface area contributed by atoms with Crippen molar-refractivity contribution in [3.8, 4) is 0 Å². The van der Waals surface area contributed by atoms with Crippen molar-refractivity contribution in [2.24, 2.45) is 5.41 Å². The molecule has 2 heterocycles. The van der Waals surface area contributed by atoms with Gasteiger partial charge in [0.25, 0.3) is 0 Å². The van der Waals surface area contributed by atoms with E-state index in [1.165, 1.54) is 51.5 Å². The van der Waals surface area contributed by atoms with Crippen molar-refractivity contribution in [3.05, 3.63) is 0 Å². The third-order valence-electron chi connectivity index (χ3n) is 5.54. The molecule has 2 bridgehead atoms. The Kier molecular flexibility index (Phi) is 3.44. The number of hydrogen-bond donors (Lipinski definition) is 1. The van der Waals surface area contributed by atoms with Crippen LogP contribution in [-0.4, -0.2) is 35.6 Å². The number of nitrogens with one attached hydrogen (secondary N) is 1. The van der Waals surface area contributed by atoms with E-state index in [1.807, 2.05) is 0 Å². The van der Waals surface area contributed by atoms with E-state index < -0.39 is 0 Å². The monoisotopic (exact) mass is 250 g/mol. The van der Waals surface area contributed by atoms with Crippen LogP contribution >= 0.6 is 0 Å². The standard InChI is InChI=1S/C16H30N2/c1-4-8-17-12-9-13-6-5-7-14(10-12)18(13)15-11-16(15,2)3/h12-15,17H,4-11H2,1-3H3. The molecular formula is C16H30N2.